The first kappa shape index (κ1) is 23.0. The largest absolute Gasteiger partial charge is 0.480 e. The van der Waals surface area contributed by atoms with Crippen LogP contribution in [0.15, 0.2) is 48.5 Å². The molecule has 4 rings (SSSR count). The van der Waals surface area contributed by atoms with Gasteiger partial charge in [-0.2, -0.15) is 0 Å². The number of H-pyrrole nitrogens is 1. The zero-order valence-electron chi connectivity index (χ0n) is 19.0. The van der Waals surface area contributed by atoms with Crippen molar-refractivity contribution in [3.8, 4) is 0 Å². The second-order valence-electron chi connectivity index (χ2n) is 8.92. The number of aryl methyl sites for hydroxylation is 1. The Morgan fingerprint density at radius 3 is 2.67 bits per heavy atom. The topological polar surface area (TPSA) is 111 Å². The van der Waals surface area contributed by atoms with Crippen molar-refractivity contribution in [2.75, 3.05) is 6.54 Å². The number of aromatic nitrogens is 1. The lowest BCUT2D eigenvalue weighted by molar-refractivity contribution is -0.143. The number of fused-ring (bicyclic) bond motifs is 3. The molecule has 3 aromatic rings. The Kier molecular flexibility index (Phi) is 7.11. The van der Waals surface area contributed by atoms with Crippen molar-refractivity contribution in [2.24, 2.45) is 5.73 Å². The number of hydrogen-bond acceptors (Lipinski definition) is 4. The molecule has 1 aromatic heterocycles. The van der Waals surface area contributed by atoms with Gasteiger partial charge in [0.15, 0.2) is 0 Å². The number of benzene rings is 2. The first-order chi connectivity index (χ1) is 16.0. The number of carboxylic acid groups (broad SMARTS) is 1. The quantitative estimate of drug-likeness (QED) is 0.376. The van der Waals surface area contributed by atoms with Gasteiger partial charge in [0.2, 0.25) is 5.91 Å². The average molecular weight is 449 g/mol. The third-order valence-corrected chi connectivity index (χ3v) is 6.47. The van der Waals surface area contributed by atoms with E-state index in [1.165, 1.54) is 5.56 Å². The highest BCUT2D eigenvalue weighted by Crippen LogP contribution is 2.31. The van der Waals surface area contributed by atoms with Crippen LogP contribution < -0.4 is 11.1 Å². The van der Waals surface area contributed by atoms with E-state index in [-0.39, 0.29) is 5.91 Å². The normalized spacial score (nSPS) is 17.0. The smallest absolute Gasteiger partial charge is 0.326 e. The highest BCUT2D eigenvalue weighted by molar-refractivity contribution is 5.90. The number of aliphatic carboxylic acids is 1. The van der Waals surface area contributed by atoms with Crippen molar-refractivity contribution >= 4 is 22.8 Å². The summed E-state index contributed by atoms with van der Waals surface area (Å²) in [6.45, 7) is 3.77. The number of carbonyl (C=O) groups excluding carboxylic acids is 1. The molecule has 0 radical (unpaired) electrons. The zero-order valence-corrected chi connectivity index (χ0v) is 19.0. The number of amides is 1. The third-order valence-electron chi connectivity index (χ3n) is 6.47. The minimum atomic E-state index is -1.01. The fourth-order valence-electron chi connectivity index (χ4n) is 4.63. The van der Waals surface area contributed by atoms with E-state index >= 15 is 0 Å². The van der Waals surface area contributed by atoms with Gasteiger partial charge in [-0.05, 0) is 56.3 Å². The molecule has 7 nitrogen and oxygen atoms in total. The van der Waals surface area contributed by atoms with Crippen molar-refractivity contribution in [1.82, 2.24) is 15.2 Å². The molecule has 2 unspecified atom stereocenters. The standard InChI is InChI=1S/C26H32N4O3/c1-17-9-11-18(12-10-17)15-30-16-23-20(19-6-2-3-7-21(19)28-23)14-24(30)25(31)29-22(26(32)33)8-4-5-13-27/h2-3,6-7,9-12,22,24,28H,4-5,8,13-16,27H2,1H3,(H,29,31)(H,32,33). The Hall–Kier alpha value is -3.16. The lowest BCUT2D eigenvalue weighted by Crippen LogP contribution is -2.53. The number of carbonyl (C=O) groups is 2. The summed E-state index contributed by atoms with van der Waals surface area (Å²) in [5.74, 6) is -1.24. The molecule has 0 fully saturated rings. The molecule has 0 saturated carbocycles. The van der Waals surface area contributed by atoms with Gasteiger partial charge in [-0.1, -0.05) is 48.0 Å². The molecule has 174 valence electrons. The van der Waals surface area contributed by atoms with Crippen molar-refractivity contribution in [1.29, 1.82) is 0 Å². The molecular formula is C26H32N4O3. The predicted molar refractivity (Wildman–Crippen MR) is 129 cm³/mol. The Bertz CT molecular complexity index is 1120. The van der Waals surface area contributed by atoms with Gasteiger partial charge in [-0.15, -0.1) is 0 Å². The highest BCUT2D eigenvalue weighted by Gasteiger charge is 2.35. The Balaban J connectivity index is 1.60. The molecule has 7 heteroatoms. The molecule has 1 amide bonds. The summed E-state index contributed by atoms with van der Waals surface area (Å²) < 4.78 is 0. The molecule has 33 heavy (non-hydrogen) atoms. The summed E-state index contributed by atoms with van der Waals surface area (Å²) in [5, 5.41) is 13.6. The van der Waals surface area contributed by atoms with Crippen LogP contribution in [-0.2, 0) is 29.1 Å². The van der Waals surface area contributed by atoms with E-state index in [4.69, 9.17) is 5.73 Å². The molecule has 0 bridgehead atoms. The molecule has 2 atom stereocenters. The molecule has 2 aromatic carbocycles. The van der Waals surface area contributed by atoms with E-state index < -0.39 is 18.1 Å². The van der Waals surface area contributed by atoms with Gasteiger partial charge in [0.25, 0.3) is 0 Å². The first-order valence-corrected chi connectivity index (χ1v) is 11.6. The number of nitrogens with two attached hydrogens (primary N) is 1. The van der Waals surface area contributed by atoms with Crippen LogP contribution in [0.1, 0.15) is 41.6 Å². The second kappa shape index (κ2) is 10.2. The number of unbranched alkanes of at least 4 members (excludes halogenated alkanes) is 1. The maximum absolute atomic E-state index is 13.4. The minimum Gasteiger partial charge on any atom is -0.480 e. The Morgan fingerprint density at radius 1 is 1.18 bits per heavy atom. The Morgan fingerprint density at radius 2 is 1.94 bits per heavy atom. The van der Waals surface area contributed by atoms with Crippen LogP contribution in [0.25, 0.3) is 10.9 Å². The van der Waals surface area contributed by atoms with E-state index in [0.29, 0.717) is 38.9 Å². The van der Waals surface area contributed by atoms with Gasteiger partial charge >= 0.3 is 5.97 Å². The highest BCUT2D eigenvalue weighted by atomic mass is 16.4. The molecule has 5 N–H and O–H groups in total. The molecule has 0 spiro atoms. The van der Waals surface area contributed by atoms with Gasteiger partial charge in [0.05, 0.1) is 6.04 Å². The number of nitrogens with zero attached hydrogens (tertiary/aromatic N) is 1. The molecule has 2 heterocycles. The maximum Gasteiger partial charge on any atom is 0.326 e. The van der Waals surface area contributed by atoms with Crippen LogP contribution >= 0.6 is 0 Å². The molecular weight excluding hydrogens is 416 g/mol. The minimum absolute atomic E-state index is 0.238. The van der Waals surface area contributed by atoms with Gasteiger partial charge in [-0.25, -0.2) is 4.79 Å². The molecule has 1 aliphatic heterocycles. The lowest BCUT2D eigenvalue weighted by Gasteiger charge is -2.35. The van der Waals surface area contributed by atoms with Crippen molar-refractivity contribution in [2.45, 2.75) is 57.8 Å². The van der Waals surface area contributed by atoms with Gasteiger partial charge in [-0.3, -0.25) is 9.69 Å². The zero-order chi connectivity index (χ0) is 23.4. The number of hydrogen-bond donors (Lipinski definition) is 4. The summed E-state index contributed by atoms with van der Waals surface area (Å²) in [4.78, 5) is 30.9. The molecule has 1 aliphatic rings. The van der Waals surface area contributed by atoms with Crippen molar-refractivity contribution in [3.63, 3.8) is 0 Å². The van der Waals surface area contributed by atoms with E-state index in [1.54, 1.807) is 0 Å². The van der Waals surface area contributed by atoms with Crippen molar-refractivity contribution < 1.29 is 14.7 Å². The van der Waals surface area contributed by atoms with E-state index in [0.717, 1.165) is 34.1 Å². The summed E-state index contributed by atoms with van der Waals surface area (Å²) in [6.07, 6.45) is 2.31. The Labute approximate surface area is 194 Å². The number of nitrogens with one attached hydrogen (secondary N) is 2. The van der Waals surface area contributed by atoms with Crippen LogP contribution in [0.5, 0.6) is 0 Å². The number of para-hydroxylation sites is 1. The summed E-state index contributed by atoms with van der Waals surface area (Å²) in [7, 11) is 0. The molecule has 0 saturated heterocycles. The maximum atomic E-state index is 13.4. The predicted octanol–water partition coefficient (Wildman–Crippen LogP) is 3.10. The van der Waals surface area contributed by atoms with Crippen molar-refractivity contribution in [3.05, 3.63) is 70.9 Å². The van der Waals surface area contributed by atoms with Crippen LogP contribution in [-0.4, -0.2) is 45.5 Å². The fraction of sp³-hybridized carbons (Fsp3) is 0.385. The lowest BCUT2D eigenvalue weighted by atomic mass is 9.95. The summed E-state index contributed by atoms with van der Waals surface area (Å²) >= 11 is 0. The van der Waals surface area contributed by atoms with Gasteiger partial charge in [0, 0.05) is 29.7 Å². The average Bonchev–Trinajstić information content (AvgIpc) is 3.16. The van der Waals surface area contributed by atoms with E-state index in [1.807, 2.05) is 25.1 Å². The van der Waals surface area contributed by atoms with Gasteiger partial charge in [0.1, 0.15) is 6.04 Å². The van der Waals surface area contributed by atoms with Gasteiger partial charge < -0.3 is 21.1 Å². The number of carboxylic acids is 1. The summed E-state index contributed by atoms with van der Waals surface area (Å²) in [6, 6.07) is 15.1. The first-order valence-electron chi connectivity index (χ1n) is 11.6. The van der Waals surface area contributed by atoms with Crippen LogP contribution in [0.2, 0.25) is 0 Å². The van der Waals surface area contributed by atoms with Crippen LogP contribution in [0, 0.1) is 6.92 Å². The number of aromatic amines is 1. The number of rotatable bonds is 9. The second-order valence-corrected chi connectivity index (χ2v) is 8.92. The van der Waals surface area contributed by atoms with Crippen LogP contribution in [0.4, 0.5) is 0 Å². The SMILES string of the molecule is Cc1ccc(CN2Cc3[nH]c4ccccc4c3CC2C(=O)NC(CCCCN)C(=O)O)cc1. The third kappa shape index (κ3) is 5.26. The van der Waals surface area contributed by atoms with E-state index in [2.05, 4.69) is 45.5 Å². The van der Waals surface area contributed by atoms with E-state index in [9.17, 15) is 14.7 Å². The fourth-order valence-corrected chi connectivity index (χ4v) is 4.63. The van der Waals surface area contributed by atoms with Crippen LogP contribution in [0.3, 0.4) is 0 Å². The molecule has 0 aliphatic carbocycles. The monoisotopic (exact) mass is 448 g/mol. The summed E-state index contributed by atoms with van der Waals surface area (Å²) in [5.41, 5.74) is 11.2.